The summed E-state index contributed by atoms with van der Waals surface area (Å²) in [6.07, 6.45) is -0.743. The Morgan fingerprint density at radius 2 is 1.91 bits per heavy atom. The fraction of sp³-hybridized carbons (Fsp3) is 0.857. The molecule has 0 saturated carbocycles. The van der Waals surface area contributed by atoms with Crippen molar-refractivity contribution in [3.8, 4) is 0 Å². The van der Waals surface area contributed by atoms with Gasteiger partial charge in [0.15, 0.2) is 0 Å². The van der Waals surface area contributed by atoms with Crippen molar-refractivity contribution in [3.05, 3.63) is 0 Å². The standard InChI is InChI=1S/C7H15NO3/c1-5(2)6(10-3)8-7(9)11-4/h5-6H,1-4H3,(H,8,9). The quantitative estimate of drug-likeness (QED) is 0.627. The van der Waals surface area contributed by atoms with Crippen LogP contribution in [0.4, 0.5) is 4.79 Å². The van der Waals surface area contributed by atoms with Crippen molar-refractivity contribution in [3.63, 3.8) is 0 Å². The first-order valence-corrected chi connectivity index (χ1v) is 3.49. The lowest BCUT2D eigenvalue weighted by molar-refractivity contribution is 0.0356. The van der Waals surface area contributed by atoms with Crippen molar-refractivity contribution in [2.24, 2.45) is 5.92 Å². The van der Waals surface area contributed by atoms with Gasteiger partial charge in [-0.15, -0.1) is 0 Å². The van der Waals surface area contributed by atoms with E-state index in [1.807, 2.05) is 13.8 Å². The maximum absolute atomic E-state index is 10.7. The van der Waals surface area contributed by atoms with Gasteiger partial charge in [-0.3, -0.25) is 5.32 Å². The summed E-state index contributed by atoms with van der Waals surface area (Å²) in [5.74, 6) is 0.235. The second kappa shape index (κ2) is 4.96. The van der Waals surface area contributed by atoms with Gasteiger partial charge in [-0.05, 0) is 5.92 Å². The molecule has 4 nitrogen and oxygen atoms in total. The van der Waals surface area contributed by atoms with Gasteiger partial charge >= 0.3 is 6.09 Å². The van der Waals surface area contributed by atoms with Gasteiger partial charge in [0.1, 0.15) is 6.23 Å². The highest BCUT2D eigenvalue weighted by molar-refractivity contribution is 5.67. The molecular weight excluding hydrogens is 146 g/mol. The fourth-order valence-corrected chi connectivity index (χ4v) is 0.673. The zero-order valence-corrected chi connectivity index (χ0v) is 7.38. The molecule has 0 rings (SSSR count). The highest BCUT2D eigenvalue weighted by Gasteiger charge is 2.14. The lowest BCUT2D eigenvalue weighted by Crippen LogP contribution is -2.39. The molecule has 0 spiro atoms. The van der Waals surface area contributed by atoms with Crippen LogP contribution in [0.3, 0.4) is 0 Å². The van der Waals surface area contributed by atoms with Crippen LogP contribution >= 0.6 is 0 Å². The van der Waals surface area contributed by atoms with Crippen LogP contribution in [0, 0.1) is 5.92 Å². The average Bonchev–Trinajstić information content (AvgIpc) is 1.99. The summed E-state index contributed by atoms with van der Waals surface area (Å²) in [7, 11) is 2.86. The molecule has 0 aliphatic heterocycles. The van der Waals surface area contributed by atoms with Crippen LogP contribution in [-0.2, 0) is 9.47 Å². The Labute approximate surface area is 66.9 Å². The van der Waals surface area contributed by atoms with Crippen molar-refractivity contribution in [1.29, 1.82) is 0 Å². The Bertz CT molecular complexity index is 125. The Balaban J connectivity index is 3.78. The molecule has 0 aromatic carbocycles. The minimum absolute atomic E-state index is 0.235. The number of hydrogen-bond acceptors (Lipinski definition) is 3. The van der Waals surface area contributed by atoms with E-state index in [-0.39, 0.29) is 12.1 Å². The van der Waals surface area contributed by atoms with Crippen molar-refractivity contribution in [2.75, 3.05) is 14.2 Å². The lowest BCUT2D eigenvalue weighted by atomic mass is 10.2. The fourth-order valence-electron chi connectivity index (χ4n) is 0.673. The molecule has 0 aliphatic rings. The number of rotatable bonds is 3. The van der Waals surface area contributed by atoms with Crippen LogP contribution in [0.25, 0.3) is 0 Å². The Kier molecular flexibility index (Phi) is 4.61. The van der Waals surface area contributed by atoms with E-state index in [0.717, 1.165) is 0 Å². The molecule has 1 amide bonds. The number of ether oxygens (including phenoxy) is 2. The maximum atomic E-state index is 10.7. The summed E-state index contributed by atoms with van der Waals surface area (Å²) < 4.78 is 9.37. The number of carbonyl (C=O) groups is 1. The van der Waals surface area contributed by atoms with Crippen molar-refractivity contribution < 1.29 is 14.3 Å². The van der Waals surface area contributed by atoms with E-state index < -0.39 is 6.09 Å². The molecule has 0 fully saturated rings. The minimum atomic E-state index is -0.467. The number of methoxy groups -OCH3 is 2. The Morgan fingerprint density at radius 3 is 2.18 bits per heavy atom. The van der Waals surface area contributed by atoms with Gasteiger partial charge in [0.05, 0.1) is 7.11 Å². The van der Waals surface area contributed by atoms with Gasteiger partial charge in [0.2, 0.25) is 0 Å². The number of amides is 1. The van der Waals surface area contributed by atoms with Gasteiger partial charge in [-0.25, -0.2) is 4.79 Å². The number of nitrogens with one attached hydrogen (secondary N) is 1. The number of alkyl carbamates (subject to hydrolysis) is 1. The molecule has 0 saturated heterocycles. The van der Waals surface area contributed by atoms with Gasteiger partial charge in [0.25, 0.3) is 0 Å². The molecule has 0 aliphatic carbocycles. The molecule has 4 heteroatoms. The second-order valence-electron chi connectivity index (χ2n) is 2.54. The summed E-state index contributed by atoms with van der Waals surface area (Å²) in [6.45, 7) is 3.90. The second-order valence-corrected chi connectivity index (χ2v) is 2.54. The average molecular weight is 161 g/mol. The summed E-state index contributed by atoms with van der Waals surface area (Å²) in [6, 6.07) is 0. The molecule has 0 aromatic rings. The van der Waals surface area contributed by atoms with E-state index in [9.17, 15) is 4.79 Å². The Hall–Kier alpha value is -0.770. The van der Waals surface area contributed by atoms with Crippen LogP contribution < -0.4 is 5.32 Å². The normalized spacial score (nSPS) is 12.8. The highest BCUT2D eigenvalue weighted by atomic mass is 16.6. The first-order chi connectivity index (χ1) is 5.11. The molecule has 0 aromatic heterocycles. The topological polar surface area (TPSA) is 47.6 Å². The molecule has 0 heterocycles. The van der Waals surface area contributed by atoms with E-state index in [0.29, 0.717) is 0 Å². The van der Waals surface area contributed by atoms with Gasteiger partial charge in [-0.2, -0.15) is 0 Å². The van der Waals surface area contributed by atoms with Crippen molar-refractivity contribution in [1.82, 2.24) is 5.32 Å². The predicted octanol–water partition coefficient (Wildman–Crippen LogP) is 0.971. The van der Waals surface area contributed by atoms with E-state index in [1.54, 1.807) is 7.11 Å². The van der Waals surface area contributed by atoms with Crippen LogP contribution in [0.15, 0.2) is 0 Å². The molecule has 1 unspecified atom stereocenters. The van der Waals surface area contributed by atoms with Crippen LogP contribution in [0.5, 0.6) is 0 Å². The maximum Gasteiger partial charge on any atom is 0.408 e. The largest absolute Gasteiger partial charge is 0.453 e. The molecule has 1 N–H and O–H groups in total. The zero-order valence-electron chi connectivity index (χ0n) is 7.38. The highest BCUT2D eigenvalue weighted by Crippen LogP contribution is 2.01. The van der Waals surface area contributed by atoms with Crippen molar-refractivity contribution >= 4 is 6.09 Å². The van der Waals surface area contributed by atoms with Crippen LogP contribution in [0.2, 0.25) is 0 Å². The van der Waals surface area contributed by atoms with Crippen molar-refractivity contribution in [2.45, 2.75) is 20.1 Å². The lowest BCUT2D eigenvalue weighted by Gasteiger charge is -2.19. The third kappa shape index (κ3) is 3.83. The molecular formula is C7H15NO3. The Morgan fingerprint density at radius 1 is 1.36 bits per heavy atom. The van der Waals surface area contributed by atoms with Gasteiger partial charge < -0.3 is 9.47 Å². The summed E-state index contributed by atoms with van der Waals surface area (Å²) in [5, 5.41) is 2.53. The SMILES string of the molecule is COC(=O)NC(OC)C(C)C. The number of hydrogen-bond donors (Lipinski definition) is 1. The van der Waals surface area contributed by atoms with E-state index >= 15 is 0 Å². The third-order valence-electron chi connectivity index (χ3n) is 1.30. The molecule has 66 valence electrons. The summed E-state index contributed by atoms with van der Waals surface area (Å²) in [4.78, 5) is 10.7. The molecule has 1 atom stereocenters. The minimum Gasteiger partial charge on any atom is -0.453 e. The first-order valence-electron chi connectivity index (χ1n) is 3.49. The number of carbonyl (C=O) groups excluding carboxylic acids is 1. The third-order valence-corrected chi connectivity index (χ3v) is 1.30. The summed E-state index contributed by atoms with van der Waals surface area (Å²) >= 11 is 0. The van der Waals surface area contributed by atoms with E-state index in [1.165, 1.54) is 7.11 Å². The molecule has 0 radical (unpaired) electrons. The van der Waals surface area contributed by atoms with Gasteiger partial charge in [0, 0.05) is 7.11 Å². The molecule has 11 heavy (non-hydrogen) atoms. The van der Waals surface area contributed by atoms with Gasteiger partial charge in [-0.1, -0.05) is 13.8 Å². The zero-order chi connectivity index (χ0) is 8.85. The summed E-state index contributed by atoms with van der Waals surface area (Å²) in [5.41, 5.74) is 0. The monoisotopic (exact) mass is 161 g/mol. The van der Waals surface area contributed by atoms with E-state index in [2.05, 4.69) is 10.1 Å². The van der Waals surface area contributed by atoms with E-state index in [4.69, 9.17) is 4.74 Å². The van der Waals surface area contributed by atoms with Crippen LogP contribution in [-0.4, -0.2) is 26.5 Å². The first kappa shape index (κ1) is 10.2. The smallest absolute Gasteiger partial charge is 0.408 e. The predicted molar refractivity (Wildman–Crippen MR) is 41.2 cm³/mol. The van der Waals surface area contributed by atoms with Crippen LogP contribution in [0.1, 0.15) is 13.8 Å². The molecule has 0 bridgehead atoms.